The predicted molar refractivity (Wildman–Crippen MR) is 75.2 cm³/mol. The molecule has 6 nitrogen and oxygen atoms in total. The summed E-state index contributed by atoms with van der Waals surface area (Å²) in [6.07, 6.45) is 1.53. The Balaban J connectivity index is 1.83. The Morgan fingerprint density at radius 1 is 1.35 bits per heavy atom. The van der Waals surface area contributed by atoms with Crippen molar-refractivity contribution in [3.05, 3.63) is 34.8 Å². The number of hydrogen-bond donors (Lipinski definition) is 1. The number of hydrogen-bond acceptors (Lipinski definition) is 6. The fourth-order valence-corrected chi connectivity index (χ4v) is 2.09. The van der Waals surface area contributed by atoms with Gasteiger partial charge in [-0.2, -0.15) is 0 Å². The third-order valence-electron chi connectivity index (χ3n) is 2.40. The van der Waals surface area contributed by atoms with Gasteiger partial charge in [-0.3, -0.25) is 14.9 Å². The van der Waals surface area contributed by atoms with Crippen LogP contribution in [0.3, 0.4) is 0 Å². The first-order valence-electron chi connectivity index (χ1n) is 6.01. The molecule has 1 amide bonds. The van der Waals surface area contributed by atoms with Gasteiger partial charge in [0.15, 0.2) is 6.61 Å². The fourth-order valence-electron chi connectivity index (χ4n) is 1.39. The number of rotatable bonds is 6. The number of nitrogens with one attached hydrogen (secondary N) is 1. The van der Waals surface area contributed by atoms with Crippen molar-refractivity contribution in [2.75, 3.05) is 11.9 Å². The van der Waals surface area contributed by atoms with Crippen molar-refractivity contribution in [1.29, 1.82) is 0 Å². The molecule has 0 atom stereocenters. The third-order valence-corrected chi connectivity index (χ3v) is 3.38. The summed E-state index contributed by atoms with van der Waals surface area (Å²) < 4.78 is 5.30. The van der Waals surface area contributed by atoms with Gasteiger partial charge in [0.05, 0.1) is 0 Å². The Kier molecular flexibility index (Phi) is 4.78. The van der Waals surface area contributed by atoms with Crippen molar-refractivity contribution in [2.45, 2.75) is 13.3 Å². The van der Waals surface area contributed by atoms with Crippen LogP contribution >= 0.6 is 11.3 Å². The number of aromatic nitrogens is 2. The molecule has 1 heterocycles. The molecule has 1 aromatic heterocycles. The standard InChI is InChI=1S/C13H13N3O3S/c1-2-12-15-16-13(20-12)14-11(18)8-19-10-5-3-9(7-17)4-6-10/h3-7H,2,8H2,1H3,(H,14,16,18). The van der Waals surface area contributed by atoms with Crippen molar-refractivity contribution < 1.29 is 14.3 Å². The second-order valence-corrected chi connectivity index (χ2v) is 4.94. The molecule has 0 saturated heterocycles. The Hall–Kier alpha value is -2.28. The van der Waals surface area contributed by atoms with E-state index in [1.807, 2.05) is 6.92 Å². The molecule has 0 spiro atoms. The van der Waals surface area contributed by atoms with Gasteiger partial charge < -0.3 is 4.74 Å². The van der Waals surface area contributed by atoms with Gasteiger partial charge in [-0.05, 0) is 30.7 Å². The first-order chi connectivity index (χ1) is 9.71. The van der Waals surface area contributed by atoms with Crippen LogP contribution in [-0.2, 0) is 11.2 Å². The summed E-state index contributed by atoms with van der Waals surface area (Å²) in [6, 6.07) is 6.52. The molecule has 20 heavy (non-hydrogen) atoms. The zero-order chi connectivity index (χ0) is 14.4. The molecule has 0 aliphatic rings. The van der Waals surface area contributed by atoms with E-state index in [-0.39, 0.29) is 12.5 Å². The lowest BCUT2D eigenvalue weighted by molar-refractivity contribution is -0.118. The first kappa shape index (κ1) is 14.1. The van der Waals surface area contributed by atoms with Crippen LogP contribution in [0.5, 0.6) is 5.75 Å². The zero-order valence-electron chi connectivity index (χ0n) is 10.8. The minimum atomic E-state index is -0.303. The highest BCUT2D eigenvalue weighted by molar-refractivity contribution is 7.15. The quantitative estimate of drug-likeness (QED) is 0.822. The second kappa shape index (κ2) is 6.76. The molecular weight excluding hydrogens is 278 g/mol. The highest BCUT2D eigenvalue weighted by Gasteiger charge is 2.08. The maximum Gasteiger partial charge on any atom is 0.264 e. The van der Waals surface area contributed by atoms with Gasteiger partial charge in [0.25, 0.3) is 5.91 Å². The van der Waals surface area contributed by atoms with E-state index < -0.39 is 0 Å². The van der Waals surface area contributed by atoms with Crippen LogP contribution in [0.2, 0.25) is 0 Å². The van der Waals surface area contributed by atoms with Gasteiger partial charge in [-0.25, -0.2) is 0 Å². The van der Waals surface area contributed by atoms with E-state index in [0.29, 0.717) is 16.4 Å². The van der Waals surface area contributed by atoms with Crippen LogP contribution < -0.4 is 10.1 Å². The van der Waals surface area contributed by atoms with Crippen molar-refractivity contribution in [2.24, 2.45) is 0 Å². The Morgan fingerprint density at radius 2 is 2.10 bits per heavy atom. The number of carbonyl (C=O) groups is 2. The van der Waals surface area contributed by atoms with Crippen LogP contribution in [0.1, 0.15) is 22.3 Å². The van der Waals surface area contributed by atoms with Gasteiger partial charge in [-0.1, -0.05) is 18.3 Å². The molecule has 0 aliphatic heterocycles. The number of aldehydes is 1. The van der Waals surface area contributed by atoms with Gasteiger partial charge in [0.2, 0.25) is 5.13 Å². The number of anilines is 1. The van der Waals surface area contributed by atoms with Gasteiger partial charge in [-0.15, -0.1) is 10.2 Å². The molecule has 0 fully saturated rings. The van der Waals surface area contributed by atoms with Crippen LogP contribution in [0.25, 0.3) is 0 Å². The number of ether oxygens (including phenoxy) is 1. The molecule has 2 rings (SSSR count). The molecule has 1 N–H and O–H groups in total. The summed E-state index contributed by atoms with van der Waals surface area (Å²) in [5.74, 6) is 0.223. The highest BCUT2D eigenvalue weighted by Crippen LogP contribution is 2.15. The van der Waals surface area contributed by atoms with E-state index in [9.17, 15) is 9.59 Å². The monoisotopic (exact) mass is 291 g/mol. The number of aryl methyl sites for hydroxylation is 1. The van der Waals surface area contributed by atoms with Crippen LogP contribution in [0.4, 0.5) is 5.13 Å². The Morgan fingerprint density at radius 3 is 2.70 bits per heavy atom. The molecule has 0 bridgehead atoms. The summed E-state index contributed by atoms with van der Waals surface area (Å²) in [6.45, 7) is 1.85. The lowest BCUT2D eigenvalue weighted by Gasteiger charge is -2.05. The minimum Gasteiger partial charge on any atom is -0.484 e. The van der Waals surface area contributed by atoms with E-state index in [2.05, 4.69) is 15.5 Å². The molecule has 0 radical (unpaired) electrons. The summed E-state index contributed by atoms with van der Waals surface area (Å²) >= 11 is 1.34. The lowest BCUT2D eigenvalue weighted by Crippen LogP contribution is -2.20. The fraction of sp³-hybridized carbons (Fsp3) is 0.231. The number of amides is 1. The largest absolute Gasteiger partial charge is 0.484 e. The smallest absolute Gasteiger partial charge is 0.264 e. The summed E-state index contributed by atoms with van der Waals surface area (Å²) in [5.41, 5.74) is 0.558. The maximum atomic E-state index is 11.7. The van der Waals surface area contributed by atoms with E-state index in [1.165, 1.54) is 11.3 Å². The normalized spacial score (nSPS) is 10.1. The summed E-state index contributed by atoms with van der Waals surface area (Å²) in [4.78, 5) is 22.2. The number of carbonyl (C=O) groups excluding carboxylic acids is 2. The average molecular weight is 291 g/mol. The molecule has 0 unspecified atom stereocenters. The average Bonchev–Trinajstić information content (AvgIpc) is 2.93. The van der Waals surface area contributed by atoms with E-state index in [4.69, 9.17) is 4.74 Å². The SMILES string of the molecule is CCc1nnc(NC(=O)COc2ccc(C=O)cc2)s1. The molecule has 1 aromatic carbocycles. The van der Waals surface area contributed by atoms with Crippen molar-refractivity contribution in [3.8, 4) is 5.75 Å². The molecular formula is C13H13N3O3S. The Labute approximate surface area is 119 Å². The van der Waals surface area contributed by atoms with E-state index in [1.54, 1.807) is 24.3 Å². The van der Waals surface area contributed by atoms with Crippen molar-refractivity contribution >= 4 is 28.7 Å². The highest BCUT2D eigenvalue weighted by atomic mass is 32.1. The van der Waals surface area contributed by atoms with E-state index in [0.717, 1.165) is 17.7 Å². The molecule has 0 aliphatic carbocycles. The molecule has 104 valence electrons. The van der Waals surface area contributed by atoms with Crippen molar-refractivity contribution in [1.82, 2.24) is 10.2 Å². The van der Waals surface area contributed by atoms with Gasteiger partial charge in [0, 0.05) is 5.56 Å². The van der Waals surface area contributed by atoms with E-state index >= 15 is 0 Å². The zero-order valence-corrected chi connectivity index (χ0v) is 11.6. The number of nitrogens with zero attached hydrogens (tertiary/aromatic N) is 2. The summed E-state index contributed by atoms with van der Waals surface area (Å²) in [5, 5.41) is 11.7. The predicted octanol–water partition coefficient (Wildman–Crippen LogP) is 1.93. The van der Waals surface area contributed by atoms with Crippen LogP contribution in [0.15, 0.2) is 24.3 Å². The Bertz CT molecular complexity index is 595. The number of benzene rings is 1. The molecule has 7 heteroatoms. The molecule has 0 saturated carbocycles. The van der Waals surface area contributed by atoms with Crippen LogP contribution in [0, 0.1) is 0 Å². The topological polar surface area (TPSA) is 81.2 Å². The van der Waals surface area contributed by atoms with Gasteiger partial charge in [0.1, 0.15) is 17.0 Å². The second-order valence-electron chi connectivity index (χ2n) is 3.88. The summed E-state index contributed by atoms with van der Waals surface area (Å²) in [7, 11) is 0. The van der Waals surface area contributed by atoms with Crippen LogP contribution in [-0.4, -0.2) is 29.0 Å². The molecule has 2 aromatic rings. The first-order valence-corrected chi connectivity index (χ1v) is 6.83. The van der Waals surface area contributed by atoms with Gasteiger partial charge >= 0.3 is 0 Å². The van der Waals surface area contributed by atoms with Crippen molar-refractivity contribution in [3.63, 3.8) is 0 Å². The third kappa shape index (κ3) is 3.86. The lowest BCUT2D eigenvalue weighted by atomic mass is 10.2. The maximum absolute atomic E-state index is 11.7. The minimum absolute atomic E-state index is 0.124.